The highest BCUT2D eigenvalue weighted by Crippen LogP contribution is 2.61. The first-order valence-electron chi connectivity index (χ1n) is 5.29. The van der Waals surface area contributed by atoms with E-state index in [1.165, 1.54) is 21.8 Å². The van der Waals surface area contributed by atoms with E-state index < -0.39 is 4.87 Å². The van der Waals surface area contributed by atoms with Gasteiger partial charge in [-0.2, -0.15) is 0 Å². The number of amides is 2. The molecule has 3 rings (SSSR count). The Morgan fingerprint density at radius 1 is 1.33 bits per heavy atom. The van der Waals surface area contributed by atoms with E-state index in [1.54, 1.807) is 11.4 Å². The summed E-state index contributed by atoms with van der Waals surface area (Å²) in [5.41, 5.74) is 0.858. The number of ether oxygens (including phenoxy) is 1. The van der Waals surface area contributed by atoms with Gasteiger partial charge in [0.15, 0.2) is 4.87 Å². The molecular formula is C11H10N2O3S2. The van der Waals surface area contributed by atoms with Gasteiger partial charge in [0.1, 0.15) is 5.75 Å². The number of nitrogens with one attached hydrogen (secondary N) is 1. The maximum atomic E-state index is 12.1. The van der Waals surface area contributed by atoms with Crippen molar-refractivity contribution >= 4 is 33.6 Å². The van der Waals surface area contributed by atoms with Gasteiger partial charge in [0, 0.05) is 0 Å². The molecule has 2 amide bonds. The number of fused-ring (bicyclic) bond motifs is 1. The smallest absolute Gasteiger partial charge is 0.264 e. The molecule has 1 N–H and O–H groups in total. The van der Waals surface area contributed by atoms with Crippen LogP contribution in [-0.2, 0) is 14.5 Å². The molecule has 1 aromatic carbocycles. The molecule has 2 heterocycles. The lowest BCUT2D eigenvalue weighted by Gasteiger charge is -2.50. The van der Waals surface area contributed by atoms with E-state index in [-0.39, 0.29) is 18.4 Å². The normalized spacial score (nSPS) is 27.2. The standard InChI is InChI=1S/C11H10N2O3S2/c1-16-8-4-2-7(3-5-8)11-10(15)12-9(14)6-13(11)18-17-11/h2-5H,6H2,1H3,(H,12,14,15). The lowest BCUT2D eigenvalue weighted by atomic mass is 10.0. The van der Waals surface area contributed by atoms with Crippen LogP contribution in [0.15, 0.2) is 24.3 Å². The maximum absolute atomic E-state index is 12.1. The van der Waals surface area contributed by atoms with Crippen LogP contribution in [0.2, 0.25) is 0 Å². The van der Waals surface area contributed by atoms with E-state index in [1.807, 2.05) is 24.3 Å². The van der Waals surface area contributed by atoms with Crippen LogP contribution in [0.3, 0.4) is 0 Å². The number of benzene rings is 1. The van der Waals surface area contributed by atoms with Crippen molar-refractivity contribution in [1.82, 2.24) is 9.62 Å². The molecule has 1 aromatic rings. The molecule has 2 saturated heterocycles. The topological polar surface area (TPSA) is 58.6 Å². The molecule has 0 radical (unpaired) electrons. The first kappa shape index (κ1) is 11.9. The Balaban J connectivity index is 1.98. The van der Waals surface area contributed by atoms with Crippen molar-refractivity contribution in [2.24, 2.45) is 0 Å². The van der Waals surface area contributed by atoms with Gasteiger partial charge in [-0.1, -0.05) is 12.1 Å². The quantitative estimate of drug-likeness (QED) is 0.498. The van der Waals surface area contributed by atoms with Crippen LogP contribution in [0.5, 0.6) is 5.75 Å². The van der Waals surface area contributed by atoms with Crippen LogP contribution in [0.4, 0.5) is 0 Å². The lowest BCUT2D eigenvalue weighted by Crippen LogP contribution is -2.64. The van der Waals surface area contributed by atoms with Gasteiger partial charge >= 0.3 is 0 Å². The summed E-state index contributed by atoms with van der Waals surface area (Å²) in [6.07, 6.45) is 0. The van der Waals surface area contributed by atoms with Gasteiger partial charge < -0.3 is 4.74 Å². The van der Waals surface area contributed by atoms with Crippen molar-refractivity contribution in [2.45, 2.75) is 4.87 Å². The summed E-state index contributed by atoms with van der Waals surface area (Å²) < 4.78 is 6.90. The monoisotopic (exact) mass is 282 g/mol. The summed E-state index contributed by atoms with van der Waals surface area (Å²) in [5, 5.41) is 2.39. The number of hydrogen-bond donors (Lipinski definition) is 1. The predicted octanol–water partition coefficient (Wildman–Crippen LogP) is 1.12. The van der Waals surface area contributed by atoms with Crippen LogP contribution in [0.1, 0.15) is 5.56 Å². The fourth-order valence-electron chi connectivity index (χ4n) is 1.97. The molecule has 0 aromatic heterocycles. The van der Waals surface area contributed by atoms with Crippen LogP contribution in [0.25, 0.3) is 0 Å². The Morgan fingerprint density at radius 2 is 2.06 bits per heavy atom. The second-order valence-corrected chi connectivity index (χ2v) is 6.24. The fourth-order valence-corrected chi connectivity index (χ4v) is 4.75. The zero-order valence-electron chi connectivity index (χ0n) is 9.50. The minimum absolute atomic E-state index is 0.232. The van der Waals surface area contributed by atoms with Crippen molar-refractivity contribution in [3.63, 3.8) is 0 Å². The van der Waals surface area contributed by atoms with Crippen molar-refractivity contribution in [3.8, 4) is 5.75 Å². The Hall–Kier alpha value is -1.18. The third kappa shape index (κ3) is 1.54. The molecule has 94 valence electrons. The number of hydrogen-bond acceptors (Lipinski definition) is 6. The minimum atomic E-state index is -0.773. The van der Waals surface area contributed by atoms with Crippen LogP contribution in [0, 0.1) is 0 Å². The number of piperazine rings is 1. The van der Waals surface area contributed by atoms with E-state index >= 15 is 0 Å². The second kappa shape index (κ2) is 4.18. The molecule has 0 aliphatic carbocycles. The highest BCUT2D eigenvalue weighted by atomic mass is 33.1. The molecule has 7 heteroatoms. The van der Waals surface area contributed by atoms with Gasteiger partial charge in [0.25, 0.3) is 5.91 Å². The molecule has 2 aliphatic heterocycles. The Bertz CT molecular complexity index is 520. The summed E-state index contributed by atoms with van der Waals surface area (Å²) in [6, 6.07) is 7.34. The minimum Gasteiger partial charge on any atom is -0.497 e. The highest BCUT2D eigenvalue weighted by Gasteiger charge is 2.58. The van der Waals surface area contributed by atoms with Crippen molar-refractivity contribution in [1.29, 1.82) is 0 Å². The SMILES string of the molecule is COc1ccc(C23SSN2CC(=O)NC3=O)cc1. The van der Waals surface area contributed by atoms with E-state index in [0.29, 0.717) is 0 Å². The molecule has 0 saturated carbocycles. The maximum Gasteiger partial charge on any atom is 0.264 e. The average molecular weight is 282 g/mol. The molecule has 2 fully saturated rings. The first-order valence-corrected chi connectivity index (χ1v) is 7.40. The Morgan fingerprint density at radius 3 is 2.56 bits per heavy atom. The van der Waals surface area contributed by atoms with Crippen LogP contribution in [-0.4, -0.2) is 29.8 Å². The van der Waals surface area contributed by atoms with Crippen molar-refractivity contribution in [2.75, 3.05) is 13.7 Å². The zero-order chi connectivity index (χ0) is 12.8. The fraction of sp³-hybridized carbons (Fsp3) is 0.273. The molecule has 1 atom stereocenters. The third-order valence-electron chi connectivity index (χ3n) is 2.93. The van der Waals surface area contributed by atoms with Gasteiger partial charge in [0.05, 0.1) is 13.7 Å². The van der Waals surface area contributed by atoms with Gasteiger partial charge in [0.2, 0.25) is 5.91 Å². The molecule has 0 bridgehead atoms. The largest absolute Gasteiger partial charge is 0.497 e. The van der Waals surface area contributed by atoms with Crippen LogP contribution < -0.4 is 10.1 Å². The van der Waals surface area contributed by atoms with E-state index in [0.717, 1.165) is 11.3 Å². The number of carbonyl (C=O) groups is 2. The van der Waals surface area contributed by atoms with Crippen molar-refractivity contribution in [3.05, 3.63) is 29.8 Å². The van der Waals surface area contributed by atoms with Crippen molar-refractivity contribution < 1.29 is 14.3 Å². The molecular weight excluding hydrogens is 272 g/mol. The Kier molecular flexibility index (Phi) is 2.76. The summed E-state index contributed by atoms with van der Waals surface area (Å²) in [7, 11) is 4.49. The predicted molar refractivity (Wildman–Crippen MR) is 69.7 cm³/mol. The number of carbonyl (C=O) groups excluding carboxylic acids is 2. The number of imide groups is 1. The van der Waals surface area contributed by atoms with E-state index in [4.69, 9.17) is 4.74 Å². The third-order valence-corrected chi connectivity index (χ3v) is 6.07. The van der Waals surface area contributed by atoms with Crippen LogP contribution >= 0.6 is 21.8 Å². The summed E-state index contributed by atoms with van der Waals surface area (Å²) in [6.45, 7) is 0.232. The molecule has 2 aliphatic rings. The van der Waals surface area contributed by atoms with E-state index in [9.17, 15) is 9.59 Å². The number of nitrogens with zero attached hydrogens (tertiary/aromatic N) is 1. The summed E-state index contributed by atoms with van der Waals surface area (Å²) in [4.78, 5) is 22.7. The molecule has 18 heavy (non-hydrogen) atoms. The zero-order valence-corrected chi connectivity index (χ0v) is 11.1. The summed E-state index contributed by atoms with van der Waals surface area (Å²) >= 11 is 0. The Labute approximate surface area is 112 Å². The molecule has 0 spiro atoms. The van der Waals surface area contributed by atoms with E-state index in [2.05, 4.69) is 5.32 Å². The van der Waals surface area contributed by atoms with Gasteiger partial charge in [-0.05, 0) is 39.5 Å². The number of methoxy groups -OCH3 is 1. The summed E-state index contributed by atoms with van der Waals surface area (Å²) in [5.74, 6) is 0.218. The van der Waals surface area contributed by atoms with Gasteiger partial charge in [-0.15, -0.1) is 0 Å². The molecule has 5 nitrogen and oxygen atoms in total. The first-order chi connectivity index (χ1) is 8.66. The lowest BCUT2D eigenvalue weighted by molar-refractivity contribution is -0.138. The number of rotatable bonds is 2. The van der Waals surface area contributed by atoms with Gasteiger partial charge in [-0.25, -0.2) is 4.31 Å². The van der Waals surface area contributed by atoms with Gasteiger partial charge in [-0.3, -0.25) is 14.9 Å². The second-order valence-electron chi connectivity index (χ2n) is 3.94. The highest BCUT2D eigenvalue weighted by molar-refractivity contribution is 8.78. The molecule has 1 unspecified atom stereocenters. The average Bonchev–Trinajstić information content (AvgIpc) is 2.35.